The number of carbonyl (C=O) groups is 1. The van der Waals surface area contributed by atoms with Crippen LogP contribution in [-0.4, -0.2) is 20.1 Å². The molecule has 0 saturated carbocycles. The van der Waals surface area contributed by atoms with Gasteiger partial charge in [0.15, 0.2) is 11.5 Å². The molecule has 0 aliphatic heterocycles. The number of carbonyl (C=O) groups excluding carboxylic acids is 1. The maximum atomic E-state index is 11.9. The molecular formula is C22H25NO3. The van der Waals surface area contributed by atoms with E-state index >= 15 is 0 Å². The van der Waals surface area contributed by atoms with E-state index in [0.717, 1.165) is 16.9 Å². The first kappa shape index (κ1) is 19.3. The lowest BCUT2D eigenvalue weighted by atomic mass is 10.0. The minimum absolute atomic E-state index is 0.333. The zero-order valence-corrected chi connectivity index (χ0v) is 16.0. The van der Waals surface area contributed by atoms with Crippen molar-refractivity contribution < 1.29 is 14.3 Å². The Morgan fingerprint density at radius 2 is 1.85 bits per heavy atom. The number of aryl methyl sites for hydroxylation is 1. The SMILES string of the molecule is C=C(C)C(=O)Oc1cc(N(C)/C(=C/C)c2ccccc2C)ccc1OC. The van der Waals surface area contributed by atoms with Crippen LogP contribution in [-0.2, 0) is 4.79 Å². The number of anilines is 1. The molecule has 0 N–H and O–H groups in total. The number of hydrogen-bond donors (Lipinski definition) is 0. The van der Waals surface area contributed by atoms with E-state index in [0.29, 0.717) is 17.1 Å². The highest BCUT2D eigenvalue weighted by atomic mass is 16.6. The topological polar surface area (TPSA) is 38.8 Å². The first-order chi connectivity index (χ1) is 12.4. The van der Waals surface area contributed by atoms with Gasteiger partial charge in [-0.2, -0.15) is 0 Å². The molecule has 2 rings (SSSR count). The summed E-state index contributed by atoms with van der Waals surface area (Å²) in [6.07, 6.45) is 2.06. The van der Waals surface area contributed by atoms with Crippen LogP contribution in [0.3, 0.4) is 0 Å². The summed E-state index contributed by atoms with van der Waals surface area (Å²) in [5, 5.41) is 0. The highest BCUT2D eigenvalue weighted by Crippen LogP contribution is 2.35. The lowest BCUT2D eigenvalue weighted by Gasteiger charge is -2.25. The molecule has 0 aliphatic rings. The number of nitrogens with zero attached hydrogens (tertiary/aromatic N) is 1. The van der Waals surface area contributed by atoms with E-state index < -0.39 is 5.97 Å². The van der Waals surface area contributed by atoms with Crippen molar-refractivity contribution >= 4 is 17.4 Å². The third kappa shape index (κ3) is 4.14. The van der Waals surface area contributed by atoms with Gasteiger partial charge in [0, 0.05) is 35.6 Å². The van der Waals surface area contributed by atoms with Crippen molar-refractivity contribution in [3.8, 4) is 11.5 Å². The summed E-state index contributed by atoms with van der Waals surface area (Å²) in [6, 6.07) is 13.7. The zero-order valence-electron chi connectivity index (χ0n) is 16.0. The summed E-state index contributed by atoms with van der Waals surface area (Å²) in [7, 11) is 3.52. The monoisotopic (exact) mass is 351 g/mol. The van der Waals surface area contributed by atoms with Gasteiger partial charge in [-0.25, -0.2) is 4.79 Å². The fraction of sp³-hybridized carbons (Fsp3) is 0.227. The Morgan fingerprint density at radius 1 is 1.15 bits per heavy atom. The molecule has 136 valence electrons. The van der Waals surface area contributed by atoms with E-state index in [1.165, 1.54) is 5.56 Å². The Hall–Kier alpha value is -3.01. The number of benzene rings is 2. The third-order valence-electron chi connectivity index (χ3n) is 4.14. The Labute approximate surface area is 155 Å². The summed E-state index contributed by atoms with van der Waals surface area (Å²) in [5.74, 6) is 0.382. The van der Waals surface area contributed by atoms with E-state index in [1.54, 1.807) is 26.2 Å². The normalized spacial score (nSPS) is 11.0. The number of methoxy groups -OCH3 is 1. The van der Waals surface area contributed by atoms with Crippen molar-refractivity contribution in [1.82, 2.24) is 0 Å². The summed E-state index contributed by atoms with van der Waals surface area (Å²) < 4.78 is 10.7. The van der Waals surface area contributed by atoms with Crippen LogP contribution >= 0.6 is 0 Å². The first-order valence-corrected chi connectivity index (χ1v) is 8.40. The largest absolute Gasteiger partial charge is 0.493 e. The van der Waals surface area contributed by atoms with Gasteiger partial charge in [-0.15, -0.1) is 0 Å². The number of hydrogen-bond acceptors (Lipinski definition) is 4. The molecule has 4 heteroatoms. The Morgan fingerprint density at radius 3 is 2.42 bits per heavy atom. The molecule has 0 unspecified atom stereocenters. The highest BCUT2D eigenvalue weighted by molar-refractivity contribution is 5.89. The molecule has 26 heavy (non-hydrogen) atoms. The second-order valence-electron chi connectivity index (χ2n) is 6.05. The fourth-order valence-corrected chi connectivity index (χ4v) is 2.67. The number of allylic oxidation sites excluding steroid dienone is 1. The van der Waals surface area contributed by atoms with Crippen LogP contribution in [0.2, 0.25) is 0 Å². The first-order valence-electron chi connectivity index (χ1n) is 8.40. The molecule has 0 heterocycles. The quantitative estimate of drug-likeness (QED) is 0.418. The van der Waals surface area contributed by atoms with Crippen molar-refractivity contribution in [2.75, 3.05) is 19.1 Å². The molecule has 0 atom stereocenters. The number of rotatable bonds is 6. The standard InChI is InChI=1S/C22H25NO3/c1-7-19(18-11-9-8-10-16(18)4)23(5)17-12-13-20(25-6)21(14-17)26-22(24)15(2)3/h7-14H,2H2,1,3-6H3/b19-7+. The third-order valence-corrected chi connectivity index (χ3v) is 4.14. The van der Waals surface area contributed by atoms with Crippen LogP contribution in [0.25, 0.3) is 5.70 Å². The van der Waals surface area contributed by atoms with Gasteiger partial charge in [0.05, 0.1) is 7.11 Å². The smallest absolute Gasteiger partial charge is 0.338 e. The van der Waals surface area contributed by atoms with Crippen molar-refractivity contribution in [2.45, 2.75) is 20.8 Å². The summed E-state index contributed by atoms with van der Waals surface area (Å²) in [5.41, 5.74) is 4.61. The number of ether oxygens (including phenoxy) is 2. The lowest BCUT2D eigenvalue weighted by Crippen LogP contribution is -2.16. The zero-order chi connectivity index (χ0) is 19.3. The molecular weight excluding hydrogens is 326 g/mol. The van der Waals surface area contributed by atoms with Crippen LogP contribution in [0.15, 0.2) is 60.7 Å². The van der Waals surface area contributed by atoms with Gasteiger partial charge in [0.2, 0.25) is 0 Å². The van der Waals surface area contributed by atoms with Crippen molar-refractivity contribution in [3.63, 3.8) is 0 Å². The molecule has 0 amide bonds. The van der Waals surface area contributed by atoms with Crippen molar-refractivity contribution in [1.29, 1.82) is 0 Å². The van der Waals surface area contributed by atoms with Gasteiger partial charge in [-0.05, 0) is 38.5 Å². The van der Waals surface area contributed by atoms with Crippen LogP contribution in [0.5, 0.6) is 11.5 Å². The molecule has 0 fully saturated rings. The summed E-state index contributed by atoms with van der Waals surface area (Å²) in [4.78, 5) is 14.0. The average molecular weight is 351 g/mol. The van der Waals surface area contributed by atoms with E-state index in [9.17, 15) is 4.79 Å². The van der Waals surface area contributed by atoms with Crippen molar-refractivity contribution in [3.05, 3.63) is 71.8 Å². The van der Waals surface area contributed by atoms with Crippen LogP contribution in [0.1, 0.15) is 25.0 Å². The molecule has 2 aromatic rings. The molecule has 0 radical (unpaired) electrons. The van der Waals surface area contributed by atoms with Crippen LogP contribution < -0.4 is 14.4 Å². The minimum Gasteiger partial charge on any atom is -0.493 e. The Balaban J connectivity index is 2.42. The van der Waals surface area contributed by atoms with Gasteiger partial charge >= 0.3 is 5.97 Å². The average Bonchev–Trinajstić information content (AvgIpc) is 2.63. The maximum absolute atomic E-state index is 11.9. The number of esters is 1. The second-order valence-corrected chi connectivity index (χ2v) is 6.05. The lowest BCUT2D eigenvalue weighted by molar-refractivity contribution is -0.130. The van der Waals surface area contributed by atoms with Gasteiger partial charge in [-0.3, -0.25) is 0 Å². The van der Waals surface area contributed by atoms with Crippen LogP contribution in [0.4, 0.5) is 5.69 Å². The molecule has 0 bridgehead atoms. The van der Waals surface area contributed by atoms with Crippen LogP contribution in [0, 0.1) is 6.92 Å². The summed E-state index contributed by atoms with van der Waals surface area (Å²) in [6.45, 7) is 9.32. The van der Waals surface area contributed by atoms with E-state index in [4.69, 9.17) is 9.47 Å². The molecule has 0 saturated heterocycles. The predicted octanol–water partition coefficient (Wildman–Crippen LogP) is 4.98. The maximum Gasteiger partial charge on any atom is 0.338 e. The van der Waals surface area contributed by atoms with Crippen molar-refractivity contribution in [2.24, 2.45) is 0 Å². The van der Waals surface area contributed by atoms with Gasteiger partial charge in [-0.1, -0.05) is 36.9 Å². The van der Waals surface area contributed by atoms with Gasteiger partial charge < -0.3 is 14.4 Å². The summed E-state index contributed by atoms with van der Waals surface area (Å²) >= 11 is 0. The highest BCUT2D eigenvalue weighted by Gasteiger charge is 2.16. The molecule has 0 aromatic heterocycles. The van der Waals surface area contributed by atoms with Gasteiger partial charge in [0.1, 0.15) is 0 Å². The molecule has 2 aromatic carbocycles. The van der Waals surface area contributed by atoms with E-state index in [-0.39, 0.29) is 0 Å². The Kier molecular flexibility index (Phi) is 6.23. The van der Waals surface area contributed by atoms with Gasteiger partial charge in [0.25, 0.3) is 0 Å². The molecule has 0 spiro atoms. The minimum atomic E-state index is -0.478. The van der Waals surface area contributed by atoms with E-state index in [1.807, 2.05) is 32.2 Å². The second kappa shape index (κ2) is 8.39. The predicted molar refractivity (Wildman–Crippen MR) is 107 cm³/mol. The fourth-order valence-electron chi connectivity index (χ4n) is 2.67. The Bertz CT molecular complexity index is 852. The molecule has 0 aliphatic carbocycles. The molecule has 4 nitrogen and oxygen atoms in total. The van der Waals surface area contributed by atoms with E-state index in [2.05, 4.69) is 36.6 Å².